The molecule has 0 aromatic heterocycles. The average Bonchev–Trinajstić information content (AvgIpc) is 2.65. The molecule has 0 bridgehead atoms. The molecule has 0 aliphatic heterocycles. The van der Waals surface area contributed by atoms with Gasteiger partial charge in [0.1, 0.15) is 11.6 Å². The Labute approximate surface area is 158 Å². The van der Waals surface area contributed by atoms with Gasteiger partial charge in [0, 0.05) is 6.54 Å². The molecule has 2 rings (SSSR count). The Morgan fingerprint density at radius 3 is 2.56 bits per heavy atom. The molecule has 0 saturated heterocycles. The van der Waals surface area contributed by atoms with Crippen molar-refractivity contribution >= 4 is 21.6 Å². The first-order chi connectivity index (χ1) is 12.9. The number of sulfonamides is 1. The van der Waals surface area contributed by atoms with E-state index in [0.29, 0.717) is 6.54 Å². The topological polar surface area (TPSA) is 84.5 Å². The van der Waals surface area contributed by atoms with Crippen LogP contribution in [0, 0.1) is 5.82 Å². The van der Waals surface area contributed by atoms with Crippen LogP contribution in [0.25, 0.3) is 0 Å². The SMILES string of the molecule is CCCCCNS(=O)(=O)c1ccc(OC)c(NC(=O)c2ccccc2F)c1. The quantitative estimate of drug-likeness (QED) is 0.637. The third-order valence-corrected chi connectivity index (χ3v) is 5.38. The summed E-state index contributed by atoms with van der Waals surface area (Å²) >= 11 is 0. The summed E-state index contributed by atoms with van der Waals surface area (Å²) in [5.74, 6) is -1.10. The molecule has 2 N–H and O–H groups in total. The normalized spacial score (nSPS) is 11.2. The molecular formula is C19H23FN2O4S. The van der Waals surface area contributed by atoms with E-state index in [1.165, 1.54) is 49.6 Å². The van der Waals surface area contributed by atoms with Crippen LogP contribution in [0.4, 0.5) is 10.1 Å². The van der Waals surface area contributed by atoms with Crippen LogP contribution in [0.1, 0.15) is 36.5 Å². The maximum absolute atomic E-state index is 13.8. The monoisotopic (exact) mass is 394 g/mol. The predicted octanol–water partition coefficient (Wildman–Crippen LogP) is 3.56. The number of hydrogen-bond acceptors (Lipinski definition) is 4. The lowest BCUT2D eigenvalue weighted by molar-refractivity contribution is 0.102. The standard InChI is InChI=1S/C19H23FN2O4S/c1-3-4-7-12-21-27(24,25)14-10-11-18(26-2)17(13-14)22-19(23)15-8-5-6-9-16(15)20/h5-6,8-11,13,21H,3-4,7,12H2,1-2H3,(H,22,23). The Hall–Kier alpha value is -2.45. The zero-order valence-corrected chi connectivity index (χ0v) is 16.1. The minimum Gasteiger partial charge on any atom is -0.495 e. The van der Waals surface area contributed by atoms with Gasteiger partial charge in [0.05, 0.1) is 23.3 Å². The number of carbonyl (C=O) groups is 1. The van der Waals surface area contributed by atoms with Crippen LogP contribution >= 0.6 is 0 Å². The number of amides is 1. The fourth-order valence-electron chi connectivity index (χ4n) is 2.45. The molecule has 27 heavy (non-hydrogen) atoms. The van der Waals surface area contributed by atoms with Crippen molar-refractivity contribution in [3.05, 3.63) is 53.8 Å². The molecule has 8 heteroatoms. The molecule has 6 nitrogen and oxygen atoms in total. The highest BCUT2D eigenvalue weighted by molar-refractivity contribution is 7.89. The number of benzene rings is 2. The number of hydrogen-bond donors (Lipinski definition) is 2. The van der Waals surface area contributed by atoms with Crippen LogP contribution in [-0.4, -0.2) is 28.0 Å². The van der Waals surface area contributed by atoms with E-state index in [1.807, 2.05) is 6.92 Å². The van der Waals surface area contributed by atoms with Gasteiger partial charge in [-0.2, -0.15) is 0 Å². The number of unbranched alkanes of at least 4 members (excludes halogenated alkanes) is 2. The molecule has 0 aliphatic carbocycles. The molecule has 1 amide bonds. The van der Waals surface area contributed by atoms with E-state index < -0.39 is 21.7 Å². The van der Waals surface area contributed by atoms with E-state index in [-0.39, 0.29) is 21.9 Å². The van der Waals surface area contributed by atoms with Crippen molar-refractivity contribution in [3.63, 3.8) is 0 Å². The third-order valence-electron chi connectivity index (χ3n) is 3.92. The third kappa shape index (κ3) is 5.51. The molecule has 0 heterocycles. The van der Waals surface area contributed by atoms with Gasteiger partial charge in [0.25, 0.3) is 5.91 Å². The van der Waals surface area contributed by atoms with Crippen molar-refractivity contribution in [2.45, 2.75) is 31.1 Å². The van der Waals surface area contributed by atoms with E-state index >= 15 is 0 Å². The smallest absolute Gasteiger partial charge is 0.258 e. The van der Waals surface area contributed by atoms with Gasteiger partial charge in [0.15, 0.2) is 0 Å². The molecule has 2 aromatic carbocycles. The highest BCUT2D eigenvalue weighted by atomic mass is 32.2. The molecule has 0 saturated carbocycles. The second-order valence-corrected chi connectivity index (χ2v) is 7.67. The van der Waals surface area contributed by atoms with E-state index in [0.717, 1.165) is 19.3 Å². The number of rotatable bonds is 9. The average molecular weight is 394 g/mol. The fraction of sp³-hybridized carbons (Fsp3) is 0.316. The van der Waals surface area contributed by atoms with Gasteiger partial charge in [-0.05, 0) is 36.8 Å². The molecular weight excluding hydrogens is 371 g/mol. The highest BCUT2D eigenvalue weighted by Crippen LogP contribution is 2.28. The number of carbonyl (C=O) groups excluding carboxylic acids is 1. The van der Waals surface area contributed by atoms with Crippen molar-refractivity contribution in [1.29, 1.82) is 0 Å². The minimum absolute atomic E-state index is 0.0105. The number of halogens is 1. The van der Waals surface area contributed by atoms with Crippen LogP contribution in [0.15, 0.2) is 47.4 Å². The van der Waals surface area contributed by atoms with E-state index in [1.54, 1.807) is 0 Å². The largest absolute Gasteiger partial charge is 0.495 e. The van der Waals surface area contributed by atoms with Crippen LogP contribution in [0.3, 0.4) is 0 Å². The highest BCUT2D eigenvalue weighted by Gasteiger charge is 2.18. The van der Waals surface area contributed by atoms with Crippen molar-refractivity contribution in [2.75, 3.05) is 19.0 Å². The van der Waals surface area contributed by atoms with Crippen LogP contribution in [-0.2, 0) is 10.0 Å². The second-order valence-electron chi connectivity index (χ2n) is 5.90. The van der Waals surface area contributed by atoms with Gasteiger partial charge in [-0.25, -0.2) is 17.5 Å². The zero-order valence-electron chi connectivity index (χ0n) is 15.3. The molecule has 2 aromatic rings. The van der Waals surface area contributed by atoms with Crippen LogP contribution < -0.4 is 14.8 Å². The summed E-state index contributed by atoms with van der Waals surface area (Å²) in [5.41, 5.74) is -0.00677. The van der Waals surface area contributed by atoms with Gasteiger partial charge in [-0.1, -0.05) is 31.9 Å². The number of anilines is 1. The van der Waals surface area contributed by atoms with E-state index in [9.17, 15) is 17.6 Å². The Balaban J connectivity index is 2.24. The molecule has 0 fully saturated rings. The Morgan fingerprint density at radius 2 is 1.89 bits per heavy atom. The molecule has 0 unspecified atom stereocenters. The Kier molecular flexibility index (Phi) is 7.32. The van der Waals surface area contributed by atoms with Gasteiger partial charge in [-0.15, -0.1) is 0 Å². The maximum Gasteiger partial charge on any atom is 0.258 e. The Morgan fingerprint density at radius 1 is 1.15 bits per heavy atom. The van der Waals surface area contributed by atoms with Crippen molar-refractivity contribution in [2.24, 2.45) is 0 Å². The summed E-state index contributed by atoms with van der Waals surface area (Å²) in [6.07, 6.45) is 2.65. The summed E-state index contributed by atoms with van der Waals surface area (Å²) in [4.78, 5) is 12.3. The summed E-state index contributed by atoms with van der Waals surface area (Å²) in [6.45, 7) is 2.36. The van der Waals surface area contributed by atoms with Gasteiger partial charge < -0.3 is 10.1 Å². The maximum atomic E-state index is 13.8. The first kappa shape index (κ1) is 20.9. The van der Waals surface area contributed by atoms with Crippen molar-refractivity contribution < 1.29 is 22.3 Å². The van der Waals surface area contributed by atoms with E-state index in [2.05, 4.69) is 10.0 Å². The van der Waals surface area contributed by atoms with Crippen molar-refractivity contribution in [1.82, 2.24) is 4.72 Å². The minimum atomic E-state index is -3.73. The summed E-state index contributed by atoms with van der Waals surface area (Å²) in [5, 5.41) is 2.51. The lowest BCUT2D eigenvalue weighted by Gasteiger charge is -2.13. The fourth-order valence-corrected chi connectivity index (χ4v) is 3.55. The molecule has 0 atom stereocenters. The predicted molar refractivity (Wildman–Crippen MR) is 102 cm³/mol. The Bertz CT molecular complexity index is 900. The lowest BCUT2D eigenvalue weighted by Crippen LogP contribution is -2.25. The molecule has 0 aliphatic rings. The first-order valence-electron chi connectivity index (χ1n) is 8.62. The van der Waals surface area contributed by atoms with Crippen LogP contribution in [0.5, 0.6) is 5.75 Å². The summed E-state index contributed by atoms with van der Waals surface area (Å²) in [7, 11) is -2.33. The van der Waals surface area contributed by atoms with Gasteiger partial charge in [-0.3, -0.25) is 4.79 Å². The summed E-state index contributed by atoms with van der Waals surface area (Å²) in [6, 6.07) is 9.65. The summed E-state index contributed by atoms with van der Waals surface area (Å²) < 4.78 is 46.4. The second kappa shape index (κ2) is 9.48. The first-order valence-corrected chi connectivity index (χ1v) is 10.1. The molecule has 0 radical (unpaired) electrons. The number of nitrogens with one attached hydrogen (secondary N) is 2. The molecule has 0 spiro atoms. The van der Waals surface area contributed by atoms with Gasteiger partial charge >= 0.3 is 0 Å². The lowest BCUT2D eigenvalue weighted by atomic mass is 10.2. The van der Waals surface area contributed by atoms with Gasteiger partial charge in [0.2, 0.25) is 10.0 Å². The number of methoxy groups -OCH3 is 1. The van der Waals surface area contributed by atoms with Crippen LogP contribution in [0.2, 0.25) is 0 Å². The van der Waals surface area contributed by atoms with E-state index in [4.69, 9.17) is 4.74 Å². The zero-order chi connectivity index (χ0) is 19.9. The van der Waals surface area contributed by atoms with Crippen molar-refractivity contribution in [3.8, 4) is 5.75 Å². The molecule has 146 valence electrons. The number of ether oxygens (including phenoxy) is 1.